The summed E-state index contributed by atoms with van der Waals surface area (Å²) in [5.41, 5.74) is 1.78. The number of ether oxygens (including phenoxy) is 2. The molecule has 0 saturated carbocycles. The average molecular weight is 390 g/mol. The van der Waals surface area contributed by atoms with Crippen molar-refractivity contribution in [3.8, 4) is 11.5 Å². The highest BCUT2D eigenvalue weighted by atomic mass is 35.5. The molecular formula is C20H24ClN3O3. The van der Waals surface area contributed by atoms with Crippen LogP contribution in [0.4, 0.5) is 10.5 Å². The van der Waals surface area contributed by atoms with Crippen LogP contribution < -0.4 is 14.8 Å². The van der Waals surface area contributed by atoms with Gasteiger partial charge in [0.1, 0.15) is 11.5 Å². The molecule has 1 fully saturated rings. The van der Waals surface area contributed by atoms with Crippen molar-refractivity contribution in [1.82, 2.24) is 9.80 Å². The Morgan fingerprint density at radius 1 is 1.07 bits per heavy atom. The Morgan fingerprint density at radius 3 is 2.52 bits per heavy atom. The number of halogens is 1. The van der Waals surface area contributed by atoms with Crippen LogP contribution in [-0.4, -0.2) is 56.2 Å². The van der Waals surface area contributed by atoms with Crippen LogP contribution >= 0.6 is 11.6 Å². The van der Waals surface area contributed by atoms with E-state index in [-0.39, 0.29) is 6.03 Å². The van der Waals surface area contributed by atoms with E-state index in [0.29, 0.717) is 23.8 Å². The van der Waals surface area contributed by atoms with Gasteiger partial charge in [-0.2, -0.15) is 0 Å². The number of amides is 2. The van der Waals surface area contributed by atoms with E-state index in [1.165, 1.54) is 0 Å². The summed E-state index contributed by atoms with van der Waals surface area (Å²) in [6.45, 7) is 3.67. The van der Waals surface area contributed by atoms with Crippen LogP contribution in [0.3, 0.4) is 0 Å². The van der Waals surface area contributed by atoms with Gasteiger partial charge in [-0.1, -0.05) is 17.7 Å². The Labute approximate surface area is 164 Å². The third-order valence-electron chi connectivity index (χ3n) is 4.62. The predicted molar refractivity (Wildman–Crippen MR) is 107 cm³/mol. The van der Waals surface area contributed by atoms with E-state index >= 15 is 0 Å². The Balaban J connectivity index is 1.55. The minimum absolute atomic E-state index is 0.101. The predicted octanol–water partition coefficient (Wildman–Crippen LogP) is 3.71. The smallest absolute Gasteiger partial charge is 0.321 e. The van der Waals surface area contributed by atoms with E-state index in [9.17, 15) is 4.79 Å². The van der Waals surface area contributed by atoms with E-state index in [1.54, 1.807) is 26.4 Å². The van der Waals surface area contributed by atoms with Gasteiger partial charge >= 0.3 is 6.03 Å². The molecule has 0 bridgehead atoms. The fourth-order valence-electron chi connectivity index (χ4n) is 3.12. The lowest BCUT2D eigenvalue weighted by molar-refractivity contribution is 0.142. The quantitative estimate of drug-likeness (QED) is 0.847. The molecule has 0 aromatic heterocycles. The van der Waals surface area contributed by atoms with Crippen LogP contribution in [0.1, 0.15) is 5.56 Å². The zero-order valence-corrected chi connectivity index (χ0v) is 16.3. The van der Waals surface area contributed by atoms with Crippen molar-refractivity contribution < 1.29 is 14.3 Å². The van der Waals surface area contributed by atoms with Crippen molar-refractivity contribution in [2.45, 2.75) is 6.54 Å². The fourth-order valence-corrected chi connectivity index (χ4v) is 3.31. The van der Waals surface area contributed by atoms with Gasteiger partial charge < -0.3 is 19.7 Å². The summed E-state index contributed by atoms with van der Waals surface area (Å²) < 4.78 is 10.8. The standard InChI is InChI=1S/C20H24ClN3O3/c1-26-18-6-7-19(27-2)15(12-18)14-23-8-10-24(11-9-23)20(25)22-17-5-3-4-16(21)13-17/h3-7,12-13H,8-11,14H2,1-2H3,(H,22,25). The van der Waals surface area contributed by atoms with Crippen molar-refractivity contribution in [3.63, 3.8) is 0 Å². The monoisotopic (exact) mass is 389 g/mol. The molecule has 144 valence electrons. The number of hydrogen-bond donors (Lipinski definition) is 1. The van der Waals surface area contributed by atoms with E-state index in [1.807, 2.05) is 35.2 Å². The number of piperazine rings is 1. The number of hydrogen-bond acceptors (Lipinski definition) is 4. The molecule has 0 radical (unpaired) electrons. The van der Waals surface area contributed by atoms with E-state index < -0.39 is 0 Å². The second-order valence-corrected chi connectivity index (χ2v) is 6.82. The van der Waals surface area contributed by atoms with E-state index in [0.717, 1.165) is 36.7 Å². The molecule has 1 heterocycles. The average Bonchev–Trinajstić information content (AvgIpc) is 2.68. The zero-order valence-electron chi connectivity index (χ0n) is 15.6. The van der Waals surface area contributed by atoms with Crippen molar-refractivity contribution in [2.24, 2.45) is 0 Å². The van der Waals surface area contributed by atoms with Gasteiger partial charge in [-0.3, -0.25) is 4.90 Å². The van der Waals surface area contributed by atoms with Crippen LogP contribution in [0.15, 0.2) is 42.5 Å². The molecule has 3 rings (SSSR count). The lowest BCUT2D eigenvalue weighted by Crippen LogP contribution is -2.49. The minimum atomic E-state index is -0.101. The molecule has 1 aliphatic heterocycles. The Morgan fingerprint density at radius 2 is 1.85 bits per heavy atom. The van der Waals surface area contributed by atoms with Gasteiger partial charge in [-0.25, -0.2) is 4.79 Å². The molecule has 2 aromatic rings. The maximum absolute atomic E-state index is 12.4. The number of anilines is 1. The zero-order chi connectivity index (χ0) is 19.2. The van der Waals surface area contributed by atoms with Gasteiger partial charge in [0.15, 0.2) is 0 Å². The van der Waals surface area contributed by atoms with Gasteiger partial charge in [-0.05, 0) is 36.4 Å². The van der Waals surface area contributed by atoms with Crippen molar-refractivity contribution in [1.29, 1.82) is 0 Å². The molecule has 6 nitrogen and oxygen atoms in total. The van der Waals surface area contributed by atoms with Crippen LogP contribution in [0.5, 0.6) is 11.5 Å². The van der Waals surface area contributed by atoms with Gasteiger partial charge in [-0.15, -0.1) is 0 Å². The van der Waals surface area contributed by atoms with E-state index in [2.05, 4.69) is 10.2 Å². The maximum Gasteiger partial charge on any atom is 0.321 e. The van der Waals surface area contributed by atoms with Crippen LogP contribution in [-0.2, 0) is 6.54 Å². The van der Waals surface area contributed by atoms with Crippen LogP contribution in [0.2, 0.25) is 5.02 Å². The number of carbonyl (C=O) groups excluding carboxylic acids is 1. The maximum atomic E-state index is 12.4. The normalized spacial score (nSPS) is 14.7. The van der Waals surface area contributed by atoms with Crippen molar-refractivity contribution >= 4 is 23.3 Å². The number of methoxy groups -OCH3 is 2. The van der Waals surface area contributed by atoms with Gasteiger partial charge in [0.25, 0.3) is 0 Å². The molecule has 0 aliphatic carbocycles. The summed E-state index contributed by atoms with van der Waals surface area (Å²) in [6.07, 6.45) is 0. The summed E-state index contributed by atoms with van der Waals surface area (Å²) in [5, 5.41) is 3.50. The first-order valence-corrected chi connectivity index (χ1v) is 9.21. The first kappa shape index (κ1) is 19.3. The van der Waals surface area contributed by atoms with Crippen molar-refractivity contribution in [3.05, 3.63) is 53.1 Å². The largest absolute Gasteiger partial charge is 0.497 e. The molecule has 0 unspecified atom stereocenters. The van der Waals surface area contributed by atoms with Crippen LogP contribution in [0, 0.1) is 0 Å². The summed E-state index contributed by atoms with van der Waals surface area (Å²) in [6, 6.07) is 12.9. The fraction of sp³-hybridized carbons (Fsp3) is 0.350. The lowest BCUT2D eigenvalue weighted by Gasteiger charge is -2.35. The molecule has 2 amide bonds. The molecular weight excluding hydrogens is 366 g/mol. The molecule has 2 aromatic carbocycles. The second-order valence-electron chi connectivity index (χ2n) is 6.38. The number of nitrogens with zero attached hydrogens (tertiary/aromatic N) is 2. The molecule has 1 saturated heterocycles. The van der Waals surface area contributed by atoms with Crippen molar-refractivity contribution in [2.75, 3.05) is 45.7 Å². The second kappa shape index (κ2) is 8.97. The summed E-state index contributed by atoms with van der Waals surface area (Å²) in [5.74, 6) is 1.65. The van der Waals surface area contributed by atoms with Gasteiger partial charge in [0.2, 0.25) is 0 Å². The third kappa shape index (κ3) is 5.05. The number of benzene rings is 2. The highest BCUT2D eigenvalue weighted by Gasteiger charge is 2.22. The third-order valence-corrected chi connectivity index (χ3v) is 4.85. The number of urea groups is 1. The first-order valence-electron chi connectivity index (χ1n) is 8.84. The summed E-state index contributed by atoms with van der Waals surface area (Å²) in [4.78, 5) is 16.6. The minimum Gasteiger partial charge on any atom is -0.497 e. The number of rotatable bonds is 5. The molecule has 1 N–H and O–H groups in total. The summed E-state index contributed by atoms with van der Waals surface area (Å²) in [7, 11) is 3.33. The summed E-state index contributed by atoms with van der Waals surface area (Å²) >= 11 is 5.97. The highest BCUT2D eigenvalue weighted by Crippen LogP contribution is 2.25. The Kier molecular flexibility index (Phi) is 6.42. The van der Waals surface area contributed by atoms with E-state index in [4.69, 9.17) is 21.1 Å². The van der Waals surface area contributed by atoms with Gasteiger partial charge in [0, 0.05) is 49.0 Å². The molecule has 7 heteroatoms. The molecule has 1 aliphatic rings. The number of nitrogens with one attached hydrogen (secondary N) is 1. The van der Waals surface area contributed by atoms with Gasteiger partial charge in [0.05, 0.1) is 14.2 Å². The molecule has 27 heavy (non-hydrogen) atoms. The first-order chi connectivity index (χ1) is 13.1. The lowest BCUT2D eigenvalue weighted by atomic mass is 10.1. The highest BCUT2D eigenvalue weighted by molar-refractivity contribution is 6.30. The SMILES string of the molecule is COc1ccc(OC)c(CN2CCN(C(=O)Nc3cccc(Cl)c3)CC2)c1. The Bertz CT molecular complexity index is 792. The topological polar surface area (TPSA) is 54.0 Å². The molecule has 0 atom stereocenters. The molecule has 0 spiro atoms. The number of carbonyl (C=O) groups is 1. The Hall–Kier alpha value is -2.44. The van der Waals surface area contributed by atoms with Crippen LogP contribution in [0.25, 0.3) is 0 Å².